The van der Waals surface area contributed by atoms with E-state index < -0.39 is 29.8 Å². The summed E-state index contributed by atoms with van der Waals surface area (Å²) >= 11 is 5.83. The van der Waals surface area contributed by atoms with Crippen molar-refractivity contribution in [2.75, 3.05) is 6.54 Å². The molecule has 7 heteroatoms. The molecule has 1 N–H and O–H groups in total. The van der Waals surface area contributed by atoms with Crippen LogP contribution in [0.2, 0.25) is 5.02 Å². The largest absolute Gasteiger partial charge is 0.480 e. The van der Waals surface area contributed by atoms with E-state index >= 15 is 0 Å². The maximum absolute atomic E-state index is 12.9. The Balaban J connectivity index is 2.07. The Labute approximate surface area is 126 Å². The fourth-order valence-electron chi connectivity index (χ4n) is 2.33. The quantitative estimate of drug-likeness (QED) is 0.926. The molecule has 1 saturated heterocycles. The maximum atomic E-state index is 12.9. The number of carboxylic acid groups (broad SMARTS) is 1. The van der Waals surface area contributed by atoms with Crippen molar-refractivity contribution in [1.82, 2.24) is 4.90 Å². The Morgan fingerprint density at radius 2 is 2.24 bits per heavy atom. The van der Waals surface area contributed by atoms with Crippen LogP contribution in [0.4, 0.5) is 4.39 Å². The van der Waals surface area contributed by atoms with Crippen molar-refractivity contribution in [3.63, 3.8) is 0 Å². The number of benzene rings is 1. The average molecular weight is 316 g/mol. The molecule has 1 aliphatic rings. The van der Waals surface area contributed by atoms with E-state index in [1.54, 1.807) is 0 Å². The second kappa shape index (κ2) is 6.30. The first-order valence-electron chi connectivity index (χ1n) is 6.55. The Kier molecular flexibility index (Phi) is 4.67. The number of halogens is 2. The lowest BCUT2D eigenvalue weighted by atomic mass is 10.2. The molecule has 0 aromatic heterocycles. The maximum Gasteiger partial charge on any atom is 0.326 e. The standard InChI is InChI=1S/C14H15ClFNO4/c1-8(21-12-5-4-9(16)7-10(12)15)13(18)17-6-2-3-11(17)14(19)20/h4-5,7-8,11H,2-3,6H2,1H3,(H,19,20). The Bertz CT molecular complexity index is 566. The molecule has 1 aromatic rings. The number of amides is 1. The van der Waals surface area contributed by atoms with Gasteiger partial charge in [0, 0.05) is 6.54 Å². The Morgan fingerprint density at radius 3 is 2.86 bits per heavy atom. The Hall–Kier alpha value is -1.82. The number of likely N-dealkylation sites (tertiary alicyclic amines) is 1. The van der Waals surface area contributed by atoms with Gasteiger partial charge in [-0.2, -0.15) is 0 Å². The van der Waals surface area contributed by atoms with Gasteiger partial charge < -0.3 is 14.7 Å². The molecule has 0 radical (unpaired) electrons. The topological polar surface area (TPSA) is 66.8 Å². The third-order valence-corrected chi connectivity index (χ3v) is 3.66. The van der Waals surface area contributed by atoms with Gasteiger partial charge in [0.2, 0.25) is 0 Å². The monoisotopic (exact) mass is 315 g/mol. The van der Waals surface area contributed by atoms with Crippen molar-refractivity contribution in [2.24, 2.45) is 0 Å². The summed E-state index contributed by atoms with van der Waals surface area (Å²) in [5.41, 5.74) is 0. The summed E-state index contributed by atoms with van der Waals surface area (Å²) in [5.74, 6) is -1.75. The predicted molar refractivity (Wildman–Crippen MR) is 73.9 cm³/mol. The molecule has 1 heterocycles. The highest BCUT2D eigenvalue weighted by Crippen LogP contribution is 2.27. The molecular weight excluding hydrogens is 301 g/mol. The van der Waals surface area contributed by atoms with Crippen molar-refractivity contribution in [1.29, 1.82) is 0 Å². The van der Waals surface area contributed by atoms with Gasteiger partial charge in [0.15, 0.2) is 6.10 Å². The van der Waals surface area contributed by atoms with E-state index in [4.69, 9.17) is 21.4 Å². The van der Waals surface area contributed by atoms with Crippen LogP contribution in [0, 0.1) is 5.82 Å². The summed E-state index contributed by atoms with van der Waals surface area (Å²) in [6.07, 6.45) is 0.186. The lowest BCUT2D eigenvalue weighted by Gasteiger charge is -2.25. The van der Waals surface area contributed by atoms with Gasteiger partial charge in [-0.25, -0.2) is 9.18 Å². The highest BCUT2D eigenvalue weighted by Gasteiger charge is 2.36. The van der Waals surface area contributed by atoms with Crippen LogP contribution in [0.1, 0.15) is 19.8 Å². The van der Waals surface area contributed by atoms with Crippen LogP contribution in [0.15, 0.2) is 18.2 Å². The van der Waals surface area contributed by atoms with E-state index in [1.807, 2.05) is 0 Å². The molecule has 2 rings (SSSR count). The van der Waals surface area contributed by atoms with Gasteiger partial charge in [0.25, 0.3) is 5.91 Å². The summed E-state index contributed by atoms with van der Waals surface area (Å²) < 4.78 is 18.4. The minimum absolute atomic E-state index is 0.0610. The second-order valence-corrected chi connectivity index (χ2v) is 5.27. The van der Waals surface area contributed by atoms with E-state index in [9.17, 15) is 14.0 Å². The van der Waals surface area contributed by atoms with Crippen LogP contribution in [0.25, 0.3) is 0 Å². The van der Waals surface area contributed by atoms with Crippen LogP contribution < -0.4 is 4.74 Å². The first-order chi connectivity index (χ1) is 9.90. The lowest BCUT2D eigenvalue weighted by molar-refractivity contribution is -0.150. The zero-order chi connectivity index (χ0) is 15.6. The van der Waals surface area contributed by atoms with Crippen LogP contribution in [-0.2, 0) is 9.59 Å². The van der Waals surface area contributed by atoms with E-state index in [-0.39, 0.29) is 10.8 Å². The molecule has 21 heavy (non-hydrogen) atoms. The van der Waals surface area contributed by atoms with Gasteiger partial charge >= 0.3 is 5.97 Å². The van der Waals surface area contributed by atoms with Crippen molar-refractivity contribution in [3.8, 4) is 5.75 Å². The van der Waals surface area contributed by atoms with Crippen molar-refractivity contribution in [3.05, 3.63) is 29.0 Å². The molecule has 1 fully saturated rings. The van der Waals surface area contributed by atoms with E-state index in [0.29, 0.717) is 19.4 Å². The molecule has 1 aromatic carbocycles. The summed E-state index contributed by atoms with van der Waals surface area (Å²) in [6, 6.07) is 2.78. The number of nitrogens with zero attached hydrogens (tertiary/aromatic N) is 1. The molecule has 2 atom stereocenters. The third-order valence-electron chi connectivity index (χ3n) is 3.37. The van der Waals surface area contributed by atoms with Gasteiger partial charge in [-0.1, -0.05) is 11.6 Å². The number of hydrogen-bond donors (Lipinski definition) is 1. The SMILES string of the molecule is CC(Oc1ccc(F)cc1Cl)C(=O)N1CCCC1C(=O)O. The summed E-state index contributed by atoms with van der Waals surface area (Å²) in [6.45, 7) is 1.90. The van der Waals surface area contributed by atoms with Gasteiger partial charge in [0.1, 0.15) is 17.6 Å². The fourth-order valence-corrected chi connectivity index (χ4v) is 2.54. The molecule has 1 amide bonds. The average Bonchev–Trinajstić information content (AvgIpc) is 2.90. The summed E-state index contributed by atoms with van der Waals surface area (Å²) in [4.78, 5) is 24.7. The van der Waals surface area contributed by atoms with E-state index in [0.717, 1.165) is 6.07 Å². The molecule has 1 aliphatic heterocycles. The highest BCUT2D eigenvalue weighted by molar-refractivity contribution is 6.32. The second-order valence-electron chi connectivity index (χ2n) is 4.86. The van der Waals surface area contributed by atoms with Crippen molar-refractivity contribution in [2.45, 2.75) is 31.9 Å². The molecule has 0 aliphatic carbocycles. The van der Waals surface area contributed by atoms with Crippen LogP contribution >= 0.6 is 11.6 Å². The minimum atomic E-state index is -1.02. The molecule has 114 valence electrons. The first kappa shape index (κ1) is 15.6. The van der Waals surface area contributed by atoms with Crippen molar-refractivity contribution < 1.29 is 23.8 Å². The highest BCUT2D eigenvalue weighted by atomic mass is 35.5. The molecule has 5 nitrogen and oxygen atoms in total. The third kappa shape index (κ3) is 3.44. The van der Waals surface area contributed by atoms with Crippen LogP contribution in [0.5, 0.6) is 5.75 Å². The summed E-state index contributed by atoms with van der Waals surface area (Å²) in [5, 5.41) is 9.14. The number of carbonyl (C=O) groups excluding carboxylic acids is 1. The van der Waals surface area contributed by atoms with Gasteiger partial charge in [0.05, 0.1) is 5.02 Å². The Morgan fingerprint density at radius 1 is 1.52 bits per heavy atom. The number of rotatable bonds is 4. The van der Waals surface area contributed by atoms with Gasteiger partial charge in [-0.15, -0.1) is 0 Å². The summed E-state index contributed by atoms with van der Waals surface area (Å²) in [7, 11) is 0. The minimum Gasteiger partial charge on any atom is -0.480 e. The zero-order valence-electron chi connectivity index (χ0n) is 11.4. The molecule has 0 spiro atoms. The van der Waals surface area contributed by atoms with Gasteiger partial charge in [-0.3, -0.25) is 4.79 Å². The van der Waals surface area contributed by atoms with E-state index in [2.05, 4.69) is 0 Å². The number of aliphatic carboxylic acids is 1. The number of hydrogen-bond acceptors (Lipinski definition) is 3. The van der Waals surface area contributed by atoms with E-state index in [1.165, 1.54) is 24.0 Å². The fraction of sp³-hybridized carbons (Fsp3) is 0.429. The molecular formula is C14H15ClFNO4. The number of carbonyl (C=O) groups is 2. The smallest absolute Gasteiger partial charge is 0.326 e. The van der Waals surface area contributed by atoms with Gasteiger partial charge in [-0.05, 0) is 38.0 Å². The first-order valence-corrected chi connectivity index (χ1v) is 6.93. The van der Waals surface area contributed by atoms with Crippen LogP contribution in [-0.4, -0.2) is 40.6 Å². The zero-order valence-corrected chi connectivity index (χ0v) is 12.1. The number of ether oxygens (including phenoxy) is 1. The predicted octanol–water partition coefficient (Wildman–Crippen LogP) is 2.32. The molecule has 0 bridgehead atoms. The lowest BCUT2D eigenvalue weighted by Crippen LogP contribution is -2.46. The number of carboxylic acids is 1. The normalized spacial score (nSPS) is 19.4. The van der Waals surface area contributed by atoms with Crippen LogP contribution in [0.3, 0.4) is 0 Å². The molecule has 2 unspecified atom stereocenters. The van der Waals surface area contributed by atoms with Crippen molar-refractivity contribution >= 4 is 23.5 Å². The molecule has 0 saturated carbocycles.